The highest BCUT2D eigenvalue weighted by Crippen LogP contribution is 2.53. The van der Waals surface area contributed by atoms with Crippen LogP contribution in [0.4, 0.5) is 0 Å². The number of carbonyl (C=O) groups is 1. The number of rotatable bonds is 9. The number of ether oxygens (including phenoxy) is 3. The Morgan fingerprint density at radius 2 is 1.73 bits per heavy atom. The van der Waals surface area contributed by atoms with Crippen LogP contribution in [0.1, 0.15) is 64.9 Å². The minimum absolute atomic E-state index is 0.0326. The molecule has 0 aromatic heterocycles. The van der Waals surface area contributed by atoms with Crippen LogP contribution in [-0.2, 0) is 14.3 Å². The smallest absolute Gasteiger partial charge is 0.332 e. The summed E-state index contributed by atoms with van der Waals surface area (Å²) in [6.07, 6.45) is 4.42. The molecule has 3 rings (SSSR count). The zero-order chi connectivity index (χ0) is 21.6. The summed E-state index contributed by atoms with van der Waals surface area (Å²) < 4.78 is 16.7. The molecule has 4 nitrogen and oxygen atoms in total. The van der Waals surface area contributed by atoms with Gasteiger partial charge in [0.1, 0.15) is 23.7 Å². The molecule has 30 heavy (non-hydrogen) atoms. The van der Waals surface area contributed by atoms with Crippen LogP contribution in [0.3, 0.4) is 0 Å². The summed E-state index contributed by atoms with van der Waals surface area (Å²) in [7, 11) is 0. The van der Waals surface area contributed by atoms with Crippen molar-refractivity contribution in [3.05, 3.63) is 60.2 Å². The van der Waals surface area contributed by atoms with Crippen LogP contribution in [0.25, 0.3) is 0 Å². The first-order valence-corrected chi connectivity index (χ1v) is 10.8. The molecule has 0 aliphatic heterocycles. The first kappa shape index (κ1) is 22.4. The van der Waals surface area contributed by atoms with Crippen LogP contribution in [0.5, 0.6) is 11.5 Å². The van der Waals surface area contributed by atoms with Gasteiger partial charge in [-0.15, -0.1) is 0 Å². The van der Waals surface area contributed by atoms with E-state index in [2.05, 4.69) is 25.1 Å². The largest absolute Gasteiger partial charge is 0.458 e. The summed E-state index contributed by atoms with van der Waals surface area (Å²) in [6.45, 7) is 8.57. The molecule has 162 valence electrons. The molecule has 1 fully saturated rings. The standard InChI is InChI=1S/C26H34O4/c1-25(2,3)30-24(27)19-28-15-9-14-26(4)17-21(18-26)20-10-8-13-23(16-20)29-22-11-6-5-7-12-22/h5-8,10-13,16,21H,9,14-15,17-19H2,1-4H3/t21-,26+. The summed E-state index contributed by atoms with van der Waals surface area (Å²) in [6, 6.07) is 18.3. The molecule has 0 unspecified atom stereocenters. The van der Waals surface area contributed by atoms with Crippen molar-refractivity contribution in [2.24, 2.45) is 5.41 Å². The van der Waals surface area contributed by atoms with Gasteiger partial charge >= 0.3 is 5.97 Å². The van der Waals surface area contributed by atoms with E-state index in [1.54, 1.807) is 0 Å². The van der Waals surface area contributed by atoms with Gasteiger partial charge in [0.05, 0.1) is 0 Å². The third-order valence-electron chi connectivity index (χ3n) is 5.50. The molecule has 0 atom stereocenters. The Labute approximate surface area is 180 Å². The van der Waals surface area contributed by atoms with E-state index in [1.807, 2.05) is 57.2 Å². The number of carbonyl (C=O) groups excluding carboxylic acids is 1. The number of hydrogen-bond donors (Lipinski definition) is 0. The highest BCUT2D eigenvalue weighted by molar-refractivity contribution is 5.71. The molecule has 0 N–H and O–H groups in total. The second-order valence-electron chi connectivity index (χ2n) is 9.65. The molecule has 0 heterocycles. The van der Waals surface area contributed by atoms with Gasteiger partial charge in [0.2, 0.25) is 0 Å². The first-order valence-electron chi connectivity index (χ1n) is 10.8. The minimum Gasteiger partial charge on any atom is -0.458 e. The molecule has 2 aromatic rings. The van der Waals surface area contributed by atoms with E-state index in [-0.39, 0.29) is 12.6 Å². The Hall–Kier alpha value is -2.33. The summed E-state index contributed by atoms with van der Waals surface area (Å²) in [4.78, 5) is 11.7. The maximum atomic E-state index is 11.7. The molecule has 0 radical (unpaired) electrons. The van der Waals surface area contributed by atoms with Gasteiger partial charge in [-0.1, -0.05) is 37.3 Å². The minimum atomic E-state index is -0.460. The molecule has 1 saturated carbocycles. The van der Waals surface area contributed by atoms with Gasteiger partial charge in [-0.05, 0) is 87.6 Å². The molecule has 0 amide bonds. The van der Waals surface area contributed by atoms with Crippen LogP contribution in [0, 0.1) is 5.41 Å². The molecule has 0 saturated heterocycles. The molecule has 0 bridgehead atoms. The first-order chi connectivity index (χ1) is 14.2. The van der Waals surface area contributed by atoms with Gasteiger partial charge in [-0.3, -0.25) is 0 Å². The van der Waals surface area contributed by atoms with E-state index in [0.29, 0.717) is 17.9 Å². The Morgan fingerprint density at radius 3 is 2.43 bits per heavy atom. The fourth-order valence-corrected chi connectivity index (χ4v) is 4.15. The van der Waals surface area contributed by atoms with Crippen molar-refractivity contribution >= 4 is 5.97 Å². The molecule has 0 spiro atoms. The van der Waals surface area contributed by atoms with E-state index in [1.165, 1.54) is 18.4 Å². The van der Waals surface area contributed by atoms with Gasteiger partial charge in [0.25, 0.3) is 0 Å². The topological polar surface area (TPSA) is 44.8 Å². The highest BCUT2D eigenvalue weighted by Gasteiger charge is 2.40. The zero-order valence-corrected chi connectivity index (χ0v) is 18.6. The zero-order valence-electron chi connectivity index (χ0n) is 18.6. The van der Waals surface area contributed by atoms with Crippen molar-refractivity contribution in [2.45, 2.75) is 64.9 Å². The molecular weight excluding hydrogens is 376 g/mol. The summed E-state index contributed by atoms with van der Waals surface area (Å²) >= 11 is 0. The quantitative estimate of drug-likeness (QED) is 0.349. The SMILES string of the molecule is CC(C)(C)OC(=O)COCCC[C@]1(C)C[C@H](c2cccc(Oc3ccccc3)c2)C1. The van der Waals surface area contributed by atoms with E-state index >= 15 is 0 Å². The lowest BCUT2D eigenvalue weighted by Gasteiger charge is -2.46. The lowest BCUT2D eigenvalue weighted by molar-refractivity contribution is -0.160. The molecule has 1 aliphatic carbocycles. The van der Waals surface area contributed by atoms with E-state index in [0.717, 1.165) is 24.3 Å². The second kappa shape index (κ2) is 9.65. The lowest BCUT2D eigenvalue weighted by atomic mass is 9.59. The van der Waals surface area contributed by atoms with Gasteiger partial charge in [-0.2, -0.15) is 0 Å². The van der Waals surface area contributed by atoms with E-state index in [4.69, 9.17) is 14.2 Å². The van der Waals surface area contributed by atoms with Crippen molar-refractivity contribution in [1.29, 1.82) is 0 Å². The van der Waals surface area contributed by atoms with Crippen molar-refractivity contribution in [3.8, 4) is 11.5 Å². The lowest BCUT2D eigenvalue weighted by Crippen LogP contribution is -2.33. The third kappa shape index (κ3) is 6.88. The second-order valence-corrected chi connectivity index (χ2v) is 9.65. The van der Waals surface area contributed by atoms with E-state index < -0.39 is 5.60 Å². The van der Waals surface area contributed by atoms with Crippen LogP contribution < -0.4 is 4.74 Å². The van der Waals surface area contributed by atoms with Crippen molar-refractivity contribution in [1.82, 2.24) is 0 Å². The summed E-state index contributed by atoms with van der Waals surface area (Å²) in [5, 5.41) is 0. The monoisotopic (exact) mass is 410 g/mol. The van der Waals surface area contributed by atoms with Crippen molar-refractivity contribution in [3.63, 3.8) is 0 Å². The Bertz CT molecular complexity index is 816. The predicted octanol–water partition coefficient (Wildman–Crippen LogP) is 6.50. The Kier molecular flexibility index (Phi) is 7.19. The number of hydrogen-bond acceptors (Lipinski definition) is 4. The van der Waals surface area contributed by atoms with Crippen molar-refractivity contribution < 1.29 is 19.0 Å². The number of esters is 1. The average Bonchev–Trinajstić information content (AvgIpc) is 2.65. The Balaban J connectivity index is 1.38. The van der Waals surface area contributed by atoms with Crippen LogP contribution in [-0.4, -0.2) is 24.8 Å². The van der Waals surface area contributed by atoms with Gasteiger partial charge in [0, 0.05) is 6.61 Å². The fourth-order valence-electron chi connectivity index (χ4n) is 4.15. The fraction of sp³-hybridized carbons (Fsp3) is 0.500. The Morgan fingerprint density at radius 1 is 1.03 bits per heavy atom. The predicted molar refractivity (Wildman–Crippen MR) is 119 cm³/mol. The maximum Gasteiger partial charge on any atom is 0.332 e. The number of para-hydroxylation sites is 1. The van der Waals surface area contributed by atoms with Gasteiger partial charge < -0.3 is 14.2 Å². The molecule has 2 aromatic carbocycles. The number of benzene rings is 2. The molecular formula is C26H34O4. The average molecular weight is 411 g/mol. The van der Waals surface area contributed by atoms with Crippen molar-refractivity contribution in [2.75, 3.05) is 13.2 Å². The van der Waals surface area contributed by atoms with Crippen LogP contribution in [0.2, 0.25) is 0 Å². The normalized spacial score (nSPS) is 21.0. The molecule has 4 heteroatoms. The summed E-state index contributed by atoms with van der Waals surface area (Å²) in [5.74, 6) is 2.04. The third-order valence-corrected chi connectivity index (χ3v) is 5.50. The van der Waals surface area contributed by atoms with E-state index in [9.17, 15) is 4.79 Å². The maximum absolute atomic E-state index is 11.7. The summed E-state index contributed by atoms with van der Waals surface area (Å²) in [5.41, 5.74) is 1.23. The van der Waals surface area contributed by atoms with Gasteiger partial charge in [-0.25, -0.2) is 4.79 Å². The molecule has 1 aliphatic rings. The van der Waals surface area contributed by atoms with Crippen LogP contribution in [0.15, 0.2) is 54.6 Å². The highest BCUT2D eigenvalue weighted by atomic mass is 16.6. The van der Waals surface area contributed by atoms with Crippen LogP contribution >= 0.6 is 0 Å². The van der Waals surface area contributed by atoms with Gasteiger partial charge in [0.15, 0.2) is 0 Å².